The summed E-state index contributed by atoms with van der Waals surface area (Å²) >= 11 is 0. The largest absolute Gasteiger partial charge is 0.372 e. The summed E-state index contributed by atoms with van der Waals surface area (Å²) in [5, 5.41) is 3.39. The molecule has 1 saturated heterocycles. The van der Waals surface area contributed by atoms with Gasteiger partial charge in [-0.2, -0.15) is 0 Å². The van der Waals surface area contributed by atoms with E-state index in [0.29, 0.717) is 12.1 Å². The Kier molecular flexibility index (Phi) is 5.38. The third-order valence-corrected chi connectivity index (χ3v) is 4.32. The first-order chi connectivity index (χ1) is 9.61. The molecule has 1 fully saturated rings. The molecule has 0 amide bonds. The van der Waals surface area contributed by atoms with Gasteiger partial charge in [0.15, 0.2) is 0 Å². The molecule has 4 nitrogen and oxygen atoms in total. The fourth-order valence-electron chi connectivity index (χ4n) is 2.92. The maximum absolute atomic E-state index is 4.59. The SMILES string of the molecule is CCNC(C)c1ccc(N(C)CC2CCCN2C)cn1. The summed E-state index contributed by atoms with van der Waals surface area (Å²) in [6, 6.07) is 5.32. The second kappa shape index (κ2) is 7.04. The lowest BCUT2D eigenvalue weighted by atomic mass is 10.2. The van der Waals surface area contributed by atoms with E-state index in [9.17, 15) is 0 Å². The molecule has 1 N–H and O–H groups in total. The van der Waals surface area contributed by atoms with Crippen LogP contribution in [0.4, 0.5) is 5.69 Å². The molecular formula is C16H28N4. The molecule has 20 heavy (non-hydrogen) atoms. The van der Waals surface area contributed by atoms with Crippen molar-refractivity contribution >= 4 is 5.69 Å². The molecule has 0 bridgehead atoms. The Labute approximate surface area is 123 Å². The maximum atomic E-state index is 4.59. The lowest BCUT2D eigenvalue weighted by Crippen LogP contribution is -2.36. The fourth-order valence-corrected chi connectivity index (χ4v) is 2.92. The van der Waals surface area contributed by atoms with Crippen LogP contribution >= 0.6 is 0 Å². The first-order valence-corrected chi connectivity index (χ1v) is 7.72. The molecule has 0 spiro atoms. The van der Waals surface area contributed by atoms with Gasteiger partial charge in [-0.1, -0.05) is 6.92 Å². The average Bonchev–Trinajstić information content (AvgIpc) is 2.85. The Morgan fingerprint density at radius 1 is 1.50 bits per heavy atom. The molecule has 4 heteroatoms. The molecule has 0 aromatic carbocycles. The Morgan fingerprint density at radius 3 is 2.85 bits per heavy atom. The molecule has 2 unspecified atom stereocenters. The fraction of sp³-hybridized carbons (Fsp3) is 0.688. The smallest absolute Gasteiger partial charge is 0.0572 e. The van der Waals surface area contributed by atoms with Crippen molar-refractivity contribution in [2.75, 3.05) is 38.6 Å². The molecule has 1 aromatic rings. The van der Waals surface area contributed by atoms with Crippen LogP contribution in [0.25, 0.3) is 0 Å². The van der Waals surface area contributed by atoms with Crippen LogP contribution in [-0.2, 0) is 0 Å². The Hall–Kier alpha value is -1.13. The van der Waals surface area contributed by atoms with E-state index in [1.54, 1.807) is 0 Å². The standard InChI is InChI=1S/C16H28N4/c1-5-17-13(2)16-9-8-14(11-18-16)20(4)12-15-7-6-10-19(15)3/h8-9,11,13,15,17H,5-7,10,12H2,1-4H3. The van der Waals surface area contributed by atoms with Crippen LogP contribution in [0.1, 0.15) is 38.4 Å². The van der Waals surface area contributed by atoms with E-state index in [4.69, 9.17) is 0 Å². The lowest BCUT2D eigenvalue weighted by Gasteiger charge is -2.27. The minimum absolute atomic E-state index is 0.320. The van der Waals surface area contributed by atoms with Crippen molar-refractivity contribution in [3.63, 3.8) is 0 Å². The number of pyridine rings is 1. The number of hydrogen-bond donors (Lipinski definition) is 1. The number of aromatic nitrogens is 1. The maximum Gasteiger partial charge on any atom is 0.0572 e. The van der Waals surface area contributed by atoms with Crippen molar-refractivity contribution in [2.24, 2.45) is 0 Å². The van der Waals surface area contributed by atoms with E-state index in [1.807, 2.05) is 6.20 Å². The number of likely N-dealkylation sites (N-methyl/N-ethyl adjacent to an activating group) is 2. The molecule has 0 saturated carbocycles. The van der Waals surface area contributed by atoms with Gasteiger partial charge in [0.1, 0.15) is 0 Å². The molecule has 1 aliphatic heterocycles. The van der Waals surface area contributed by atoms with Crippen molar-refractivity contribution in [3.05, 3.63) is 24.0 Å². The van der Waals surface area contributed by atoms with E-state index in [1.165, 1.54) is 25.1 Å². The van der Waals surface area contributed by atoms with Crippen molar-refractivity contribution in [3.8, 4) is 0 Å². The summed E-state index contributed by atoms with van der Waals surface area (Å²) < 4.78 is 0. The minimum Gasteiger partial charge on any atom is -0.372 e. The predicted molar refractivity (Wildman–Crippen MR) is 85.3 cm³/mol. The van der Waals surface area contributed by atoms with Crippen LogP contribution in [0, 0.1) is 0 Å². The van der Waals surface area contributed by atoms with E-state index in [2.05, 4.69) is 60.2 Å². The monoisotopic (exact) mass is 276 g/mol. The number of rotatable bonds is 6. The Morgan fingerprint density at radius 2 is 2.30 bits per heavy atom. The van der Waals surface area contributed by atoms with Gasteiger partial charge in [0.05, 0.1) is 17.6 Å². The lowest BCUT2D eigenvalue weighted by molar-refractivity contribution is 0.314. The van der Waals surface area contributed by atoms with Crippen LogP contribution in [0.2, 0.25) is 0 Å². The van der Waals surface area contributed by atoms with Gasteiger partial charge in [0.2, 0.25) is 0 Å². The highest BCUT2D eigenvalue weighted by atomic mass is 15.2. The molecule has 0 aliphatic carbocycles. The number of likely N-dealkylation sites (tertiary alicyclic amines) is 1. The van der Waals surface area contributed by atoms with Crippen molar-refractivity contribution in [1.29, 1.82) is 0 Å². The Bertz CT molecular complexity index is 403. The molecule has 0 radical (unpaired) electrons. The van der Waals surface area contributed by atoms with E-state index >= 15 is 0 Å². The highest BCUT2D eigenvalue weighted by Gasteiger charge is 2.22. The molecule has 1 aliphatic rings. The van der Waals surface area contributed by atoms with Crippen LogP contribution in [0.5, 0.6) is 0 Å². The van der Waals surface area contributed by atoms with E-state index < -0.39 is 0 Å². The molecule has 112 valence electrons. The van der Waals surface area contributed by atoms with Crippen LogP contribution in [0.15, 0.2) is 18.3 Å². The normalized spacial score (nSPS) is 21.1. The van der Waals surface area contributed by atoms with Crippen molar-refractivity contribution in [1.82, 2.24) is 15.2 Å². The summed E-state index contributed by atoms with van der Waals surface area (Å²) in [6.07, 6.45) is 4.63. The first kappa shape index (κ1) is 15.3. The van der Waals surface area contributed by atoms with Gasteiger partial charge in [-0.25, -0.2) is 0 Å². The summed E-state index contributed by atoms with van der Waals surface area (Å²) in [7, 11) is 4.39. The summed E-state index contributed by atoms with van der Waals surface area (Å²) in [4.78, 5) is 9.38. The number of anilines is 1. The minimum atomic E-state index is 0.320. The second-order valence-electron chi connectivity index (χ2n) is 5.88. The van der Waals surface area contributed by atoms with Gasteiger partial charge in [0, 0.05) is 25.7 Å². The van der Waals surface area contributed by atoms with Gasteiger partial charge in [0.25, 0.3) is 0 Å². The zero-order valence-electron chi connectivity index (χ0n) is 13.3. The third-order valence-electron chi connectivity index (χ3n) is 4.32. The average molecular weight is 276 g/mol. The van der Waals surface area contributed by atoms with Gasteiger partial charge < -0.3 is 15.1 Å². The summed E-state index contributed by atoms with van der Waals surface area (Å²) in [6.45, 7) is 7.56. The summed E-state index contributed by atoms with van der Waals surface area (Å²) in [5.41, 5.74) is 2.32. The number of hydrogen-bond acceptors (Lipinski definition) is 4. The molecule has 2 heterocycles. The molecular weight excluding hydrogens is 248 g/mol. The van der Waals surface area contributed by atoms with Crippen LogP contribution < -0.4 is 10.2 Å². The van der Waals surface area contributed by atoms with Crippen LogP contribution in [0.3, 0.4) is 0 Å². The summed E-state index contributed by atoms with van der Waals surface area (Å²) in [5.74, 6) is 0. The predicted octanol–water partition coefficient (Wildman–Crippen LogP) is 2.28. The van der Waals surface area contributed by atoms with Gasteiger partial charge in [-0.15, -0.1) is 0 Å². The number of nitrogens with one attached hydrogen (secondary N) is 1. The second-order valence-corrected chi connectivity index (χ2v) is 5.88. The molecule has 2 atom stereocenters. The quantitative estimate of drug-likeness (QED) is 0.864. The van der Waals surface area contributed by atoms with Gasteiger partial charge >= 0.3 is 0 Å². The van der Waals surface area contributed by atoms with E-state index in [-0.39, 0.29) is 0 Å². The Balaban J connectivity index is 1.95. The topological polar surface area (TPSA) is 31.4 Å². The van der Waals surface area contributed by atoms with Gasteiger partial charge in [-0.05, 0) is 52.0 Å². The van der Waals surface area contributed by atoms with Crippen molar-refractivity contribution < 1.29 is 0 Å². The highest BCUT2D eigenvalue weighted by Crippen LogP contribution is 2.20. The van der Waals surface area contributed by atoms with Crippen molar-refractivity contribution in [2.45, 2.75) is 38.8 Å². The van der Waals surface area contributed by atoms with Crippen LogP contribution in [-0.4, -0.2) is 49.7 Å². The first-order valence-electron chi connectivity index (χ1n) is 7.72. The zero-order chi connectivity index (χ0) is 14.5. The molecule has 1 aromatic heterocycles. The zero-order valence-corrected chi connectivity index (χ0v) is 13.3. The van der Waals surface area contributed by atoms with E-state index in [0.717, 1.165) is 18.8 Å². The number of nitrogens with zero attached hydrogens (tertiary/aromatic N) is 3. The van der Waals surface area contributed by atoms with Gasteiger partial charge in [-0.3, -0.25) is 4.98 Å². The highest BCUT2D eigenvalue weighted by molar-refractivity contribution is 5.44. The third kappa shape index (κ3) is 3.70. The molecule has 2 rings (SSSR count).